The molecular formula is C26H32. The van der Waals surface area contributed by atoms with Crippen LogP contribution in [0.3, 0.4) is 0 Å². The minimum absolute atomic E-state index is 0.149. The zero-order chi connectivity index (χ0) is 19.1. The summed E-state index contributed by atoms with van der Waals surface area (Å²) in [4.78, 5) is 0. The largest absolute Gasteiger partial charge is 0.0696 e. The van der Waals surface area contributed by atoms with Crippen molar-refractivity contribution in [2.75, 3.05) is 0 Å². The van der Waals surface area contributed by atoms with Crippen molar-refractivity contribution in [2.24, 2.45) is 10.8 Å². The summed E-state index contributed by atoms with van der Waals surface area (Å²) in [5, 5.41) is 7.11. The van der Waals surface area contributed by atoms with Gasteiger partial charge in [0, 0.05) is 0 Å². The first-order valence-corrected chi connectivity index (χ1v) is 9.96. The molecule has 0 amide bonds. The summed E-state index contributed by atoms with van der Waals surface area (Å²) in [5.41, 5.74) is 3.47. The molecule has 2 atom stereocenters. The van der Waals surface area contributed by atoms with E-state index < -0.39 is 0 Å². The highest BCUT2D eigenvalue weighted by molar-refractivity contribution is 6.12. The van der Waals surface area contributed by atoms with Crippen LogP contribution in [0.25, 0.3) is 27.6 Å². The monoisotopic (exact) mass is 344 g/mol. The van der Waals surface area contributed by atoms with Crippen LogP contribution in [0.1, 0.15) is 72.4 Å². The molecule has 0 radical (unpaired) electrons. The lowest BCUT2D eigenvalue weighted by Gasteiger charge is -2.47. The minimum atomic E-state index is 0.149. The topological polar surface area (TPSA) is 0 Å². The molecule has 0 aliphatic heterocycles. The van der Waals surface area contributed by atoms with Crippen molar-refractivity contribution in [1.29, 1.82) is 0 Å². The molecule has 0 heterocycles. The minimum Gasteiger partial charge on any atom is -0.0696 e. The van der Waals surface area contributed by atoms with Gasteiger partial charge in [-0.05, 0) is 60.1 Å². The number of hydrogen-bond acceptors (Lipinski definition) is 0. The molecule has 0 aromatic heterocycles. The van der Waals surface area contributed by atoms with E-state index >= 15 is 0 Å². The van der Waals surface area contributed by atoms with E-state index in [4.69, 9.17) is 0 Å². The highest BCUT2D eigenvalue weighted by atomic mass is 14.5. The molecule has 0 nitrogen and oxygen atoms in total. The normalized spacial score (nSPS) is 23.5. The average molecular weight is 345 g/mol. The molecule has 0 bridgehead atoms. The Morgan fingerprint density at radius 3 is 1.92 bits per heavy atom. The van der Waals surface area contributed by atoms with Crippen LogP contribution in [0, 0.1) is 10.8 Å². The van der Waals surface area contributed by atoms with Gasteiger partial charge in [-0.2, -0.15) is 0 Å². The van der Waals surface area contributed by atoms with Gasteiger partial charge in [0.2, 0.25) is 0 Å². The Labute approximate surface area is 158 Å². The lowest BCUT2D eigenvalue weighted by molar-refractivity contribution is 0.154. The standard InChI is InChI=1S/C26H32/c1-16-21-12-11-18-14-20(24(2,3)4)13-17-9-10-19(23(21)22(17)18)15-26(16,8)25(5,6)7/h9-16H,1-8H3. The summed E-state index contributed by atoms with van der Waals surface area (Å²) >= 11 is 0. The Hall–Kier alpha value is -1.82. The summed E-state index contributed by atoms with van der Waals surface area (Å²) in [6.07, 6.45) is 2.55. The molecule has 2 unspecified atom stereocenters. The fourth-order valence-corrected chi connectivity index (χ4v) is 4.77. The number of hydrogen-bond donors (Lipinski definition) is 0. The van der Waals surface area contributed by atoms with E-state index in [0.29, 0.717) is 5.92 Å². The average Bonchev–Trinajstić information content (AvgIpc) is 2.53. The smallest absolute Gasteiger partial charge is 0.00226 e. The predicted octanol–water partition coefficient (Wildman–Crippen LogP) is 6.96. The first kappa shape index (κ1) is 17.6. The fourth-order valence-electron chi connectivity index (χ4n) is 4.77. The molecule has 0 N–H and O–H groups in total. The molecule has 136 valence electrons. The van der Waals surface area contributed by atoms with Gasteiger partial charge in [0.05, 0.1) is 0 Å². The maximum atomic E-state index is 2.55. The van der Waals surface area contributed by atoms with E-state index in [1.54, 1.807) is 0 Å². The van der Waals surface area contributed by atoms with Gasteiger partial charge in [0.1, 0.15) is 0 Å². The zero-order valence-electron chi connectivity index (χ0n) is 17.6. The van der Waals surface area contributed by atoms with Gasteiger partial charge in [0.25, 0.3) is 0 Å². The third-order valence-corrected chi connectivity index (χ3v) is 7.22. The Morgan fingerprint density at radius 2 is 1.38 bits per heavy atom. The Kier molecular flexibility index (Phi) is 3.47. The fraction of sp³-hybridized carbons (Fsp3) is 0.462. The molecule has 26 heavy (non-hydrogen) atoms. The van der Waals surface area contributed by atoms with Crippen LogP contribution in [0.15, 0.2) is 36.4 Å². The van der Waals surface area contributed by atoms with Crippen molar-refractivity contribution in [3.8, 4) is 0 Å². The molecule has 3 aromatic carbocycles. The van der Waals surface area contributed by atoms with Gasteiger partial charge < -0.3 is 0 Å². The third kappa shape index (κ3) is 2.27. The highest BCUT2D eigenvalue weighted by Gasteiger charge is 2.43. The van der Waals surface area contributed by atoms with Crippen LogP contribution in [0.4, 0.5) is 0 Å². The Bertz CT molecular complexity index is 1050. The lowest BCUT2D eigenvalue weighted by atomic mass is 9.57. The summed E-state index contributed by atoms with van der Waals surface area (Å²) in [6, 6.07) is 14.2. The molecule has 0 fully saturated rings. The van der Waals surface area contributed by atoms with Gasteiger partial charge in [-0.1, -0.05) is 97.9 Å². The highest BCUT2D eigenvalue weighted by Crippen LogP contribution is 2.53. The summed E-state index contributed by atoms with van der Waals surface area (Å²) in [5.74, 6) is 0.507. The molecule has 1 aliphatic rings. The van der Waals surface area contributed by atoms with E-state index in [0.717, 1.165) is 0 Å². The second-order valence-electron chi connectivity index (χ2n) is 10.6. The number of rotatable bonds is 0. The van der Waals surface area contributed by atoms with E-state index in [2.05, 4.69) is 97.9 Å². The molecule has 1 aliphatic carbocycles. The molecule has 0 spiro atoms. The van der Waals surface area contributed by atoms with Gasteiger partial charge >= 0.3 is 0 Å². The van der Waals surface area contributed by atoms with E-state index in [1.807, 2.05) is 0 Å². The maximum Gasteiger partial charge on any atom is -0.00226 e. The first-order valence-electron chi connectivity index (χ1n) is 9.96. The van der Waals surface area contributed by atoms with Crippen LogP contribution >= 0.6 is 0 Å². The molecular weight excluding hydrogens is 312 g/mol. The van der Waals surface area contributed by atoms with Crippen molar-refractivity contribution in [3.63, 3.8) is 0 Å². The molecule has 3 aromatic rings. The molecule has 4 rings (SSSR count). The quantitative estimate of drug-likeness (QED) is 0.413. The van der Waals surface area contributed by atoms with Crippen LogP contribution in [-0.2, 0) is 5.41 Å². The SMILES string of the molecule is CC1c2ccc3cc(C(C)(C)C)cc4ccc(c2c34)=CC1(C)C(C)(C)C. The predicted molar refractivity (Wildman–Crippen MR) is 116 cm³/mol. The lowest BCUT2D eigenvalue weighted by Crippen LogP contribution is -2.39. The summed E-state index contributed by atoms with van der Waals surface area (Å²) in [6.45, 7) is 18.9. The van der Waals surface area contributed by atoms with Crippen LogP contribution in [0.2, 0.25) is 0 Å². The van der Waals surface area contributed by atoms with Crippen molar-refractivity contribution in [2.45, 2.75) is 66.7 Å². The van der Waals surface area contributed by atoms with Gasteiger partial charge in [-0.3, -0.25) is 0 Å². The van der Waals surface area contributed by atoms with Gasteiger partial charge in [-0.15, -0.1) is 0 Å². The van der Waals surface area contributed by atoms with E-state index in [1.165, 1.54) is 37.9 Å². The summed E-state index contributed by atoms with van der Waals surface area (Å²) < 4.78 is 0. The van der Waals surface area contributed by atoms with Gasteiger partial charge in [0.15, 0.2) is 0 Å². The van der Waals surface area contributed by atoms with Crippen molar-refractivity contribution in [3.05, 3.63) is 52.7 Å². The van der Waals surface area contributed by atoms with Crippen molar-refractivity contribution < 1.29 is 0 Å². The van der Waals surface area contributed by atoms with Crippen LogP contribution < -0.4 is 5.22 Å². The maximum absolute atomic E-state index is 2.55. The molecule has 0 heteroatoms. The second-order valence-corrected chi connectivity index (χ2v) is 10.6. The van der Waals surface area contributed by atoms with E-state index in [-0.39, 0.29) is 16.2 Å². The van der Waals surface area contributed by atoms with Crippen molar-refractivity contribution in [1.82, 2.24) is 0 Å². The van der Waals surface area contributed by atoms with E-state index in [9.17, 15) is 0 Å². The summed E-state index contributed by atoms with van der Waals surface area (Å²) in [7, 11) is 0. The van der Waals surface area contributed by atoms with Crippen molar-refractivity contribution >= 4 is 27.6 Å². The Morgan fingerprint density at radius 1 is 0.808 bits per heavy atom. The Balaban J connectivity index is 2.14. The first-order chi connectivity index (χ1) is 11.9. The van der Waals surface area contributed by atoms with Crippen LogP contribution in [-0.4, -0.2) is 0 Å². The number of benzene rings is 3. The third-order valence-electron chi connectivity index (χ3n) is 7.22. The molecule has 0 saturated heterocycles. The second kappa shape index (κ2) is 5.12. The zero-order valence-corrected chi connectivity index (χ0v) is 17.6. The molecule has 0 saturated carbocycles. The van der Waals surface area contributed by atoms with Crippen LogP contribution in [0.5, 0.6) is 0 Å². The van der Waals surface area contributed by atoms with Gasteiger partial charge in [-0.25, -0.2) is 0 Å².